The standard InChI is InChI=1S/C18H14F4N2O/c19-17(20)14(11-15(25)18(21)22)23-24-16(12-7-3-1-4-8-12)13-9-5-2-6-10-13/h1-11,17-18,25H/b15-11-,23-14-. The summed E-state index contributed by atoms with van der Waals surface area (Å²) in [6.07, 6.45) is -6.21. The summed E-state index contributed by atoms with van der Waals surface area (Å²) in [7, 11) is 0. The van der Waals surface area contributed by atoms with Crippen LogP contribution in [0.4, 0.5) is 17.6 Å². The largest absolute Gasteiger partial charge is 0.506 e. The van der Waals surface area contributed by atoms with Gasteiger partial charge in [-0.2, -0.15) is 0 Å². The Morgan fingerprint density at radius 1 is 0.760 bits per heavy atom. The summed E-state index contributed by atoms with van der Waals surface area (Å²) in [5, 5.41) is 16.2. The van der Waals surface area contributed by atoms with Crippen LogP contribution in [0, 0.1) is 0 Å². The lowest BCUT2D eigenvalue weighted by Crippen LogP contribution is -2.11. The van der Waals surface area contributed by atoms with Gasteiger partial charge in [0.15, 0.2) is 5.76 Å². The van der Waals surface area contributed by atoms with Crippen molar-refractivity contribution < 1.29 is 22.7 Å². The number of allylic oxidation sites excluding steroid dienone is 2. The molecule has 0 spiro atoms. The maximum atomic E-state index is 13.0. The summed E-state index contributed by atoms with van der Waals surface area (Å²) in [5.74, 6) is -1.49. The Balaban J connectivity index is 2.51. The smallest absolute Gasteiger partial charge is 0.294 e. The van der Waals surface area contributed by atoms with E-state index in [-0.39, 0.29) is 6.08 Å². The molecule has 7 heteroatoms. The van der Waals surface area contributed by atoms with E-state index in [0.29, 0.717) is 16.8 Å². The first-order valence-corrected chi connectivity index (χ1v) is 7.22. The number of rotatable bonds is 6. The quantitative estimate of drug-likeness (QED) is 0.344. The molecule has 0 radical (unpaired) electrons. The molecule has 0 aliphatic heterocycles. The molecule has 0 aliphatic carbocycles. The van der Waals surface area contributed by atoms with Crippen LogP contribution >= 0.6 is 0 Å². The molecule has 0 atom stereocenters. The zero-order valence-electron chi connectivity index (χ0n) is 12.9. The highest BCUT2D eigenvalue weighted by molar-refractivity contribution is 6.13. The zero-order valence-corrected chi connectivity index (χ0v) is 12.9. The van der Waals surface area contributed by atoms with Gasteiger partial charge >= 0.3 is 0 Å². The van der Waals surface area contributed by atoms with E-state index in [9.17, 15) is 17.6 Å². The highest BCUT2D eigenvalue weighted by atomic mass is 19.3. The molecule has 0 aromatic heterocycles. The second kappa shape index (κ2) is 8.77. The predicted molar refractivity (Wildman–Crippen MR) is 88.7 cm³/mol. The average molecular weight is 350 g/mol. The average Bonchev–Trinajstić information content (AvgIpc) is 2.62. The molecule has 130 valence electrons. The zero-order chi connectivity index (χ0) is 18.2. The Hall–Kier alpha value is -2.96. The van der Waals surface area contributed by atoms with Gasteiger partial charge in [0.25, 0.3) is 12.9 Å². The van der Waals surface area contributed by atoms with E-state index in [1.54, 1.807) is 60.7 Å². The monoisotopic (exact) mass is 350 g/mol. The van der Waals surface area contributed by atoms with Gasteiger partial charge in [0, 0.05) is 17.2 Å². The van der Waals surface area contributed by atoms with Crippen LogP contribution in [0.5, 0.6) is 0 Å². The lowest BCUT2D eigenvalue weighted by molar-refractivity contribution is 0.129. The van der Waals surface area contributed by atoms with Gasteiger partial charge in [-0.3, -0.25) is 0 Å². The van der Waals surface area contributed by atoms with Crippen molar-refractivity contribution in [3.8, 4) is 0 Å². The Morgan fingerprint density at radius 2 is 1.24 bits per heavy atom. The molecule has 0 bridgehead atoms. The third-order valence-corrected chi connectivity index (χ3v) is 3.10. The number of aliphatic hydroxyl groups excluding tert-OH is 1. The summed E-state index contributed by atoms with van der Waals surface area (Å²) in [4.78, 5) is 0. The van der Waals surface area contributed by atoms with Crippen molar-refractivity contribution >= 4 is 11.4 Å². The van der Waals surface area contributed by atoms with Gasteiger partial charge in [0.05, 0.1) is 0 Å². The molecular weight excluding hydrogens is 336 g/mol. The van der Waals surface area contributed by atoms with Gasteiger partial charge in [0.2, 0.25) is 0 Å². The first kappa shape index (κ1) is 18.4. The second-order valence-corrected chi connectivity index (χ2v) is 4.88. The predicted octanol–water partition coefficient (Wildman–Crippen LogP) is 4.85. The van der Waals surface area contributed by atoms with Gasteiger partial charge in [-0.1, -0.05) is 60.7 Å². The fourth-order valence-electron chi connectivity index (χ4n) is 1.93. The van der Waals surface area contributed by atoms with Crippen molar-refractivity contribution in [3.63, 3.8) is 0 Å². The van der Waals surface area contributed by atoms with Crippen molar-refractivity contribution in [2.45, 2.75) is 12.9 Å². The van der Waals surface area contributed by atoms with Crippen molar-refractivity contribution in [1.82, 2.24) is 0 Å². The molecular formula is C18H14F4N2O. The van der Waals surface area contributed by atoms with Crippen LogP contribution in [0.25, 0.3) is 0 Å². The van der Waals surface area contributed by atoms with Crippen molar-refractivity contribution in [2.24, 2.45) is 10.2 Å². The minimum Gasteiger partial charge on any atom is -0.506 e. The Labute approximate surface area is 141 Å². The lowest BCUT2D eigenvalue weighted by atomic mass is 10.0. The highest BCUT2D eigenvalue weighted by Gasteiger charge is 2.17. The summed E-state index contributed by atoms with van der Waals surface area (Å²) in [5.41, 5.74) is 0.479. The van der Waals surface area contributed by atoms with Crippen LogP contribution in [-0.4, -0.2) is 29.4 Å². The Morgan fingerprint density at radius 3 is 1.64 bits per heavy atom. The number of hydrogen-bond acceptors (Lipinski definition) is 3. The Kier molecular flexibility index (Phi) is 6.45. The lowest BCUT2D eigenvalue weighted by Gasteiger charge is -2.06. The van der Waals surface area contributed by atoms with E-state index in [0.717, 1.165) is 0 Å². The number of benzene rings is 2. The van der Waals surface area contributed by atoms with Gasteiger partial charge in [0.1, 0.15) is 11.4 Å². The van der Waals surface area contributed by atoms with Crippen LogP contribution in [0.1, 0.15) is 11.1 Å². The molecule has 25 heavy (non-hydrogen) atoms. The van der Waals surface area contributed by atoms with Gasteiger partial charge in [-0.05, 0) is 0 Å². The summed E-state index contributed by atoms with van der Waals surface area (Å²) >= 11 is 0. The molecule has 0 saturated carbocycles. The topological polar surface area (TPSA) is 45.0 Å². The van der Waals surface area contributed by atoms with E-state index >= 15 is 0 Å². The van der Waals surface area contributed by atoms with Gasteiger partial charge in [-0.15, -0.1) is 10.2 Å². The fraction of sp³-hybridized carbons (Fsp3) is 0.111. The molecule has 0 heterocycles. The molecule has 2 aromatic rings. The molecule has 0 saturated heterocycles. The maximum absolute atomic E-state index is 13.0. The second-order valence-electron chi connectivity index (χ2n) is 4.88. The summed E-state index contributed by atoms with van der Waals surface area (Å²) in [6.45, 7) is 0. The molecule has 0 unspecified atom stereocenters. The third kappa shape index (κ3) is 5.27. The van der Waals surface area contributed by atoms with Crippen LogP contribution in [0.2, 0.25) is 0 Å². The van der Waals surface area contributed by atoms with Crippen molar-refractivity contribution in [1.29, 1.82) is 0 Å². The summed E-state index contributed by atoms with van der Waals surface area (Å²) < 4.78 is 50.6. The van der Waals surface area contributed by atoms with Crippen LogP contribution in [0.15, 0.2) is 82.7 Å². The minimum absolute atomic E-state index is 0.229. The van der Waals surface area contributed by atoms with Crippen molar-refractivity contribution in [3.05, 3.63) is 83.6 Å². The van der Waals surface area contributed by atoms with E-state index in [1.165, 1.54) is 0 Å². The van der Waals surface area contributed by atoms with Crippen LogP contribution in [0.3, 0.4) is 0 Å². The van der Waals surface area contributed by atoms with Crippen molar-refractivity contribution in [2.75, 3.05) is 0 Å². The first-order chi connectivity index (χ1) is 12.0. The highest BCUT2D eigenvalue weighted by Crippen LogP contribution is 2.13. The van der Waals surface area contributed by atoms with Gasteiger partial charge < -0.3 is 5.11 Å². The molecule has 2 rings (SSSR count). The SMILES string of the molecule is O/C(=C\C(=N\N=C(c1ccccc1)c1ccccc1)C(F)F)C(F)F. The molecule has 0 fully saturated rings. The normalized spacial score (nSPS) is 12.6. The number of nitrogens with zero attached hydrogens (tertiary/aromatic N) is 2. The maximum Gasteiger partial charge on any atom is 0.294 e. The van der Waals surface area contributed by atoms with Crippen LogP contribution in [-0.2, 0) is 0 Å². The van der Waals surface area contributed by atoms with E-state index < -0.39 is 24.3 Å². The molecule has 0 aliphatic rings. The van der Waals surface area contributed by atoms with Crippen LogP contribution < -0.4 is 0 Å². The minimum atomic E-state index is -3.27. The third-order valence-electron chi connectivity index (χ3n) is 3.10. The molecule has 0 amide bonds. The number of halogens is 4. The van der Waals surface area contributed by atoms with E-state index in [2.05, 4.69) is 10.2 Å². The van der Waals surface area contributed by atoms with Gasteiger partial charge in [-0.25, -0.2) is 17.6 Å². The number of alkyl halides is 4. The molecule has 3 nitrogen and oxygen atoms in total. The fourth-order valence-corrected chi connectivity index (χ4v) is 1.93. The van der Waals surface area contributed by atoms with E-state index in [4.69, 9.17) is 5.11 Å². The van der Waals surface area contributed by atoms with E-state index in [1.807, 2.05) is 0 Å². The number of hydrogen-bond donors (Lipinski definition) is 1. The molecule has 2 aromatic carbocycles. The number of aliphatic hydroxyl groups is 1. The Bertz CT molecular complexity index is 731. The molecule has 1 N–H and O–H groups in total. The summed E-state index contributed by atoms with van der Waals surface area (Å²) in [6, 6.07) is 17.4. The first-order valence-electron chi connectivity index (χ1n) is 7.22.